The maximum absolute atomic E-state index is 12.3. The lowest BCUT2D eigenvalue weighted by molar-refractivity contribution is -0.130. The van der Waals surface area contributed by atoms with Gasteiger partial charge >= 0.3 is 5.97 Å². The highest BCUT2D eigenvalue weighted by Gasteiger charge is 2.22. The SMILES string of the molecule is CCOc1c(I)cc(C=C2C=C(c3ccc(OC)cc3)OC2=O)cc1OC. The van der Waals surface area contributed by atoms with E-state index in [9.17, 15) is 4.79 Å². The highest BCUT2D eigenvalue weighted by Crippen LogP contribution is 2.35. The van der Waals surface area contributed by atoms with Crippen LogP contribution in [0.4, 0.5) is 0 Å². The van der Waals surface area contributed by atoms with E-state index in [0.29, 0.717) is 29.4 Å². The number of methoxy groups -OCH3 is 2. The summed E-state index contributed by atoms with van der Waals surface area (Å²) in [6, 6.07) is 11.1. The molecular formula is C21H19IO5. The predicted molar refractivity (Wildman–Crippen MR) is 112 cm³/mol. The van der Waals surface area contributed by atoms with Gasteiger partial charge in [-0.05, 0) is 83.6 Å². The molecule has 0 radical (unpaired) electrons. The number of hydrogen-bond donors (Lipinski definition) is 0. The van der Waals surface area contributed by atoms with Crippen molar-refractivity contribution in [3.63, 3.8) is 0 Å². The van der Waals surface area contributed by atoms with E-state index in [1.165, 1.54) is 0 Å². The summed E-state index contributed by atoms with van der Waals surface area (Å²) < 4.78 is 22.5. The summed E-state index contributed by atoms with van der Waals surface area (Å²) in [6.07, 6.45) is 3.51. The average Bonchev–Trinajstić information content (AvgIpc) is 3.04. The van der Waals surface area contributed by atoms with Gasteiger partial charge in [-0.3, -0.25) is 0 Å². The Bertz CT molecular complexity index is 913. The molecule has 1 heterocycles. The monoisotopic (exact) mass is 478 g/mol. The number of ether oxygens (including phenoxy) is 4. The lowest BCUT2D eigenvalue weighted by atomic mass is 10.1. The van der Waals surface area contributed by atoms with Crippen molar-refractivity contribution in [3.8, 4) is 17.2 Å². The fourth-order valence-corrected chi connectivity index (χ4v) is 3.45. The summed E-state index contributed by atoms with van der Waals surface area (Å²) in [6.45, 7) is 2.47. The van der Waals surface area contributed by atoms with Gasteiger partial charge in [0.2, 0.25) is 0 Å². The number of carbonyl (C=O) groups is 1. The van der Waals surface area contributed by atoms with Gasteiger partial charge in [0.25, 0.3) is 0 Å². The van der Waals surface area contributed by atoms with Crippen molar-refractivity contribution in [2.45, 2.75) is 6.92 Å². The van der Waals surface area contributed by atoms with Crippen molar-refractivity contribution in [3.05, 3.63) is 62.7 Å². The zero-order chi connectivity index (χ0) is 19.4. The smallest absolute Gasteiger partial charge is 0.343 e. The zero-order valence-corrected chi connectivity index (χ0v) is 17.4. The van der Waals surface area contributed by atoms with Crippen LogP contribution in [0.15, 0.2) is 48.0 Å². The molecule has 0 saturated heterocycles. The van der Waals surface area contributed by atoms with Crippen LogP contribution in [0.3, 0.4) is 0 Å². The fourth-order valence-electron chi connectivity index (χ4n) is 2.67. The maximum Gasteiger partial charge on any atom is 0.343 e. The molecule has 2 aromatic rings. The second kappa shape index (κ2) is 8.47. The lowest BCUT2D eigenvalue weighted by Gasteiger charge is -2.12. The van der Waals surface area contributed by atoms with Crippen LogP contribution in [0.2, 0.25) is 0 Å². The molecule has 0 unspecified atom stereocenters. The molecule has 27 heavy (non-hydrogen) atoms. The van der Waals surface area contributed by atoms with E-state index in [2.05, 4.69) is 22.6 Å². The Balaban J connectivity index is 1.93. The van der Waals surface area contributed by atoms with Gasteiger partial charge in [-0.25, -0.2) is 4.79 Å². The third-order valence-corrected chi connectivity index (χ3v) is 4.76. The predicted octanol–water partition coefficient (Wildman–Crippen LogP) is 4.69. The van der Waals surface area contributed by atoms with Crippen LogP contribution in [-0.4, -0.2) is 26.8 Å². The molecule has 0 aliphatic carbocycles. The van der Waals surface area contributed by atoms with E-state index in [1.807, 2.05) is 43.3 Å². The van der Waals surface area contributed by atoms with Crippen molar-refractivity contribution in [2.24, 2.45) is 0 Å². The highest BCUT2D eigenvalue weighted by atomic mass is 127. The van der Waals surface area contributed by atoms with Crippen LogP contribution < -0.4 is 14.2 Å². The van der Waals surface area contributed by atoms with Gasteiger partial charge in [-0.1, -0.05) is 0 Å². The first-order chi connectivity index (χ1) is 13.0. The molecule has 0 aromatic heterocycles. The number of hydrogen-bond acceptors (Lipinski definition) is 5. The van der Waals surface area contributed by atoms with Crippen molar-refractivity contribution >= 4 is 40.4 Å². The van der Waals surface area contributed by atoms with Gasteiger partial charge in [0.05, 0.1) is 30.0 Å². The first-order valence-corrected chi connectivity index (χ1v) is 9.44. The van der Waals surface area contributed by atoms with E-state index in [1.54, 1.807) is 26.4 Å². The van der Waals surface area contributed by atoms with Gasteiger partial charge in [0.1, 0.15) is 11.5 Å². The molecule has 3 rings (SSSR count). The van der Waals surface area contributed by atoms with Crippen LogP contribution in [0.25, 0.3) is 11.8 Å². The normalized spacial score (nSPS) is 14.7. The van der Waals surface area contributed by atoms with E-state index in [-0.39, 0.29) is 5.97 Å². The van der Waals surface area contributed by atoms with E-state index in [0.717, 1.165) is 20.4 Å². The van der Waals surface area contributed by atoms with E-state index in [4.69, 9.17) is 18.9 Å². The van der Waals surface area contributed by atoms with Gasteiger partial charge in [0.15, 0.2) is 11.5 Å². The number of rotatable bonds is 6. The molecule has 0 amide bonds. The quantitative estimate of drug-likeness (QED) is 0.343. The second-order valence-electron chi connectivity index (χ2n) is 5.69. The zero-order valence-electron chi connectivity index (χ0n) is 15.2. The Morgan fingerprint density at radius 2 is 1.85 bits per heavy atom. The Morgan fingerprint density at radius 3 is 2.48 bits per heavy atom. The van der Waals surface area contributed by atoms with E-state index < -0.39 is 0 Å². The first kappa shape index (κ1) is 19.3. The molecule has 5 nitrogen and oxygen atoms in total. The number of halogens is 1. The molecule has 0 fully saturated rings. The highest BCUT2D eigenvalue weighted by molar-refractivity contribution is 14.1. The summed E-state index contributed by atoms with van der Waals surface area (Å²) in [4.78, 5) is 12.3. The summed E-state index contributed by atoms with van der Waals surface area (Å²) in [5.74, 6) is 2.20. The molecule has 6 heteroatoms. The molecule has 2 aromatic carbocycles. The van der Waals surface area contributed by atoms with Crippen LogP contribution in [0.1, 0.15) is 18.1 Å². The molecule has 0 saturated carbocycles. The third kappa shape index (κ3) is 4.27. The summed E-state index contributed by atoms with van der Waals surface area (Å²) in [7, 11) is 3.20. The first-order valence-electron chi connectivity index (χ1n) is 8.36. The Kier molecular flexibility index (Phi) is 6.05. The number of esters is 1. The summed E-state index contributed by atoms with van der Waals surface area (Å²) >= 11 is 2.19. The van der Waals surface area contributed by atoms with Gasteiger partial charge in [-0.2, -0.15) is 0 Å². The second-order valence-corrected chi connectivity index (χ2v) is 6.86. The standard InChI is InChI=1S/C21H19IO5/c1-4-26-20-17(22)10-13(11-19(20)25-3)9-15-12-18(27-21(15)23)14-5-7-16(24-2)8-6-14/h5-12H,4H2,1-3H3. The van der Waals surface area contributed by atoms with Gasteiger partial charge in [0, 0.05) is 5.56 Å². The minimum absolute atomic E-state index is 0.385. The molecule has 140 valence electrons. The summed E-state index contributed by atoms with van der Waals surface area (Å²) in [5, 5.41) is 0. The topological polar surface area (TPSA) is 54.0 Å². The van der Waals surface area contributed by atoms with Crippen molar-refractivity contribution in [2.75, 3.05) is 20.8 Å². The molecule has 0 atom stereocenters. The Hall–Kier alpha value is -2.48. The van der Waals surface area contributed by atoms with Crippen molar-refractivity contribution in [1.29, 1.82) is 0 Å². The summed E-state index contributed by atoms with van der Waals surface area (Å²) in [5.41, 5.74) is 2.12. The van der Waals surface area contributed by atoms with Crippen molar-refractivity contribution < 1.29 is 23.7 Å². The molecule has 0 spiro atoms. The van der Waals surface area contributed by atoms with Crippen LogP contribution in [0, 0.1) is 3.57 Å². The Labute approximate surface area is 171 Å². The van der Waals surface area contributed by atoms with Crippen LogP contribution in [0.5, 0.6) is 17.2 Å². The molecule has 0 bridgehead atoms. The molecule has 1 aliphatic heterocycles. The van der Waals surface area contributed by atoms with Gasteiger partial charge in [-0.15, -0.1) is 0 Å². The van der Waals surface area contributed by atoms with Gasteiger partial charge < -0.3 is 18.9 Å². The van der Waals surface area contributed by atoms with Crippen LogP contribution in [-0.2, 0) is 9.53 Å². The molecule has 1 aliphatic rings. The minimum Gasteiger partial charge on any atom is -0.497 e. The largest absolute Gasteiger partial charge is 0.497 e. The Morgan fingerprint density at radius 1 is 1.11 bits per heavy atom. The number of benzene rings is 2. The van der Waals surface area contributed by atoms with Crippen LogP contribution >= 0.6 is 22.6 Å². The minimum atomic E-state index is -0.385. The van der Waals surface area contributed by atoms with Crippen molar-refractivity contribution in [1.82, 2.24) is 0 Å². The van der Waals surface area contributed by atoms with E-state index >= 15 is 0 Å². The third-order valence-electron chi connectivity index (χ3n) is 3.96. The fraction of sp³-hybridized carbons (Fsp3) is 0.190. The molecular weight excluding hydrogens is 459 g/mol. The lowest BCUT2D eigenvalue weighted by Crippen LogP contribution is -1.99. The average molecular weight is 478 g/mol. The maximum atomic E-state index is 12.3. The number of carbonyl (C=O) groups excluding carboxylic acids is 1. The molecule has 0 N–H and O–H groups in total. The number of cyclic esters (lactones) is 1.